The molecule has 1 aliphatic rings. The van der Waals surface area contributed by atoms with Crippen LogP contribution in [0, 0.1) is 6.92 Å². The molecule has 1 atom stereocenters. The number of hydrogen-bond acceptors (Lipinski definition) is 4. The third-order valence-corrected chi connectivity index (χ3v) is 4.11. The van der Waals surface area contributed by atoms with Crippen molar-refractivity contribution in [3.8, 4) is 0 Å². The van der Waals surface area contributed by atoms with E-state index in [1.165, 1.54) is 0 Å². The van der Waals surface area contributed by atoms with Gasteiger partial charge in [-0.2, -0.15) is 5.10 Å². The van der Waals surface area contributed by atoms with Gasteiger partial charge in [0.05, 0.1) is 11.8 Å². The van der Waals surface area contributed by atoms with Crippen LogP contribution < -0.4 is 10.6 Å². The first-order valence-corrected chi connectivity index (χ1v) is 7.87. The monoisotopic (exact) mass is 328 g/mol. The lowest BCUT2D eigenvalue weighted by Crippen LogP contribution is -2.26. The molecule has 0 radical (unpaired) electrons. The number of nitrogens with one attached hydrogen (secondary N) is 2. The molecule has 1 aliphatic heterocycles. The van der Waals surface area contributed by atoms with Crippen LogP contribution >= 0.6 is 0 Å². The first kappa shape index (κ1) is 16.2. The van der Waals surface area contributed by atoms with Gasteiger partial charge in [0.1, 0.15) is 6.10 Å². The van der Waals surface area contributed by atoms with E-state index in [0.29, 0.717) is 23.5 Å². The van der Waals surface area contributed by atoms with E-state index in [2.05, 4.69) is 15.7 Å². The number of rotatable bonds is 4. The molecule has 2 aromatic rings. The van der Waals surface area contributed by atoms with Crippen LogP contribution in [0.4, 0.5) is 11.4 Å². The van der Waals surface area contributed by atoms with E-state index in [1.807, 2.05) is 6.92 Å². The molecule has 3 rings (SSSR count). The molecule has 24 heavy (non-hydrogen) atoms. The second kappa shape index (κ2) is 6.84. The zero-order valence-corrected chi connectivity index (χ0v) is 13.7. The zero-order chi connectivity index (χ0) is 17.1. The lowest BCUT2D eigenvalue weighted by Gasteiger charge is -2.11. The molecular formula is C17H20N4O3. The fourth-order valence-corrected chi connectivity index (χ4v) is 2.56. The summed E-state index contributed by atoms with van der Waals surface area (Å²) in [6, 6.07) is 6.99. The normalized spacial score (nSPS) is 16.8. The quantitative estimate of drug-likeness (QED) is 0.900. The Balaban J connectivity index is 1.61. The summed E-state index contributed by atoms with van der Waals surface area (Å²) in [5, 5.41) is 9.70. The molecule has 7 heteroatoms. The Kier molecular flexibility index (Phi) is 4.61. The van der Waals surface area contributed by atoms with Gasteiger partial charge >= 0.3 is 0 Å². The van der Waals surface area contributed by atoms with E-state index >= 15 is 0 Å². The Morgan fingerprint density at radius 3 is 2.42 bits per heavy atom. The number of benzene rings is 1. The molecule has 1 saturated heterocycles. The molecule has 0 saturated carbocycles. The summed E-state index contributed by atoms with van der Waals surface area (Å²) in [5.41, 5.74) is 2.66. The van der Waals surface area contributed by atoms with Gasteiger partial charge in [-0.05, 0) is 44.0 Å². The summed E-state index contributed by atoms with van der Waals surface area (Å²) in [7, 11) is 1.79. The summed E-state index contributed by atoms with van der Waals surface area (Å²) >= 11 is 0. The molecule has 1 aromatic heterocycles. The second-order valence-corrected chi connectivity index (χ2v) is 5.79. The van der Waals surface area contributed by atoms with Crippen LogP contribution in [0.1, 0.15) is 28.9 Å². The Morgan fingerprint density at radius 2 is 1.88 bits per heavy atom. The topological polar surface area (TPSA) is 85.2 Å². The summed E-state index contributed by atoms with van der Waals surface area (Å²) in [6.07, 6.45) is 2.85. The molecule has 1 aromatic carbocycles. The van der Waals surface area contributed by atoms with E-state index in [1.54, 1.807) is 42.2 Å². The highest BCUT2D eigenvalue weighted by Gasteiger charge is 2.23. The standard InChI is InChI=1S/C17H20N4O3/c1-11-14(10-18-21(11)2)16(22)19-12-5-7-13(8-6-12)20-17(23)15-4-3-9-24-15/h5-8,10,15H,3-4,9H2,1-2H3,(H,19,22)(H,20,23)/t15-/m1/s1. The van der Waals surface area contributed by atoms with Gasteiger partial charge in [0.15, 0.2) is 0 Å². The maximum atomic E-state index is 12.2. The van der Waals surface area contributed by atoms with Crippen molar-refractivity contribution in [2.75, 3.05) is 17.2 Å². The first-order chi connectivity index (χ1) is 11.5. The molecule has 0 aliphatic carbocycles. The highest BCUT2D eigenvalue weighted by Crippen LogP contribution is 2.18. The van der Waals surface area contributed by atoms with Gasteiger partial charge in [0.25, 0.3) is 11.8 Å². The molecule has 126 valence electrons. The third kappa shape index (κ3) is 3.46. The van der Waals surface area contributed by atoms with Crippen molar-refractivity contribution < 1.29 is 14.3 Å². The number of ether oxygens (including phenoxy) is 1. The van der Waals surface area contributed by atoms with Gasteiger partial charge in [0, 0.05) is 30.7 Å². The summed E-state index contributed by atoms with van der Waals surface area (Å²) in [4.78, 5) is 24.2. The fraction of sp³-hybridized carbons (Fsp3) is 0.353. The summed E-state index contributed by atoms with van der Waals surface area (Å²) < 4.78 is 7.00. The minimum atomic E-state index is -0.363. The van der Waals surface area contributed by atoms with Crippen molar-refractivity contribution >= 4 is 23.2 Å². The van der Waals surface area contributed by atoms with Crippen molar-refractivity contribution in [3.63, 3.8) is 0 Å². The van der Waals surface area contributed by atoms with Crippen molar-refractivity contribution in [1.82, 2.24) is 9.78 Å². The van der Waals surface area contributed by atoms with Crippen molar-refractivity contribution in [2.24, 2.45) is 7.05 Å². The maximum Gasteiger partial charge on any atom is 0.259 e. The molecular weight excluding hydrogens is 308 g/mol. The lowest BCUT2D eigenvalue weighted by atomic mass is 10.2. The molecule has 0 unspecified atom stereocenters. The number of carbonyl (C=O) groups is 2. The fourth-order valence-electron chi connectivity index (χ4n) is 2.56. The van der Waals surface area contributed by atoms with Crippen LogP contribution in [0.2, 0.25) is 0 Å². The Hall–Kier alpha value is -2.67. The van der Waals surface area contributed by atoms with Crippen molar-refractivity contribution in [1.29, 1.82) is 0 Å². The number of nitrogens with zero attached hydrogens (tertiary/aromatic N) is 2. The second-order valence-electron chi connectivity index (χ2n) is 5.79. The van der Waals surface area contributed by atoms with E-state index in [0.717, 1.165) is 18.5 Å². The highest BCUT2D eigenvalue weighted by molar-refractivity contribution is 6.05. The molecule has 2 heterocycles. The average molecular weight is 328 g/mol. The molecule has 0 bridgehead atoms. The van der Waals surface area contributed by atoms with Crippen LogP contribution in [0.5, 0.6) is 0 Å². The van der Waals surface area contributed by atoms with E-state index in [4.69, 9.17) is 4.74 Å². The maximum absolute atomic E-state index is 12.2. The Bertz CT molecular complexity index is 746. The predicted octanol–water partition coefficient (Wildman–Crippen LogP) is 2.10. The van der Waals surface area contributed by atoms with E-state index in [9.17, 15) is 9.59 Å². The van der Waals surface area contributed by atoms with Gasteiger partial charge in [0.2, 0.25) is 0 Å². The van der Waals surface area contributed by atoms with Gasteiger partial charge in [-0.15, -0.1) is 0 Å². The van der Waals surface area contributed by atoms with Gasteiger partial charge in [-0.1, -0.05) is 0 Å². The van der Waals surface area contributed by atoms with Crippen molar-refractivity contribution in [3.05, 3.63) is 41.7 Å². The number of carbonyl (C=O) groups excluding carboxylic acids is 2. The number of aromatic nitrogens is 2. The Labute approximate surface area is 140 Å². The smallest absolute Gasteiger partial charge is 0.259 e. The molecule has 1 fully saturated rings. The number of hydrogen-bond donors (Lipinski definition) is 2. The number of aryl methyl sites for hydroxylation is 1. The van der Waals surface area contributed by atoms with Gasteiger partial charge in [-0.25, -0.2) is 0 Å². The first-order valence-electron chi connectivity index (χ1n) is 7.87. The highest BCUT2D eigenvalue weighted by atomic mass is 16.5. The molecule has 2 amide bonds. The van der Waals surface area contributed by atoms with Crippen molar-refractivity contribution in [2.45, 2.75) is 25.9 Å². The van der Waals surface area contributed by atoms with Crippen LogP contribution in [-0.2, 0) is 16.6 Å². The van der Waals surface area contributed by atoms with E-state index in [-0.39, 0.29) is 17.9 Å². The van der Waals surface area contributed by atoms with Crippen LogP contribution in [-0.4, -0.2) is 34.3 Å². The van der Waals surface area contributed by atoms with Crippen LogP contribution in [0.3, 0.4) is 0 Å². The zero-order valence-electron chi connectivity index (χ0n) is 13.7. The van der Waals surface area contributed by atoms with E-state index < -0.39 is 0 Å². The summed E-state index contributed by atoms with van der Waals surface area (Å²) in [6.45, 7) is 2.47. The van der Waals surface area contributed by atoms with Crippen LogP contribution in [0.25, 0.3) is 0 Å². The molecule has 7 nitrogen and oxygen atoms in total. The predicted molar refractivity (Wildman–Crippen MR) is 89.9 cm³/mol. The number of anilines is 2. The lowest BCUT2D eigenvalue weighted by molar-refractivity contribution is -0.124. The summed E-state index contributed by atoms with van der Waals surface area (Å²) in [5.74, 6) is -0.341. The molecule has 0 spiro atoms. The number of amides is 2. The van der Waals surface area contributed by atoms with Gasteiger partial charge < -0.3 is 15.4 Å². The van der Waals surface area contributed by atoms with Crippen LogP contribution in [0.15, 0.2) is 30.5 Å². The SMILES string of the molecule is Cc1c(C(=O)Nc2ccc(NC(=O)[C@H]3CCCO3)cc2)cnn1C. The average Bonchev–Trinajstić information content (AvgIpc) is 3.21. The molecule has 2 N–H and O–H groups in total. The minimum absolute atomic E-state index is 0.129. The Morgan fingerprint density at radius 1 is 1.21 bits per heavy atom. The largest absolute Gasteiger partial charge is 0.368 e. The van der Waals surface area contributed by atoms with Gasteiger partial charge in [-0.3, -0.25) is 14.3 Å². The third-order valence-electron chi connectivity index (χ3n) is 4.11. The minimum Gasteiger partial charge on any atom is -0.368 e.